The summed E-state index contributed by atoms with van der Waals surface area (Å²) < 4.78 is 70.4. The van der Waals surface area contributed by atoms with Crippen molar-refractivity contribution in [2.75, 3.05) is 32.8 Å². The van der Waals surface area contributed by atoms with Gasteiger partial charge in [-0.05, 0) is 41.5 Å². The first kappa shape index (κ1) is 30.3. The van der Waals surface area contributed by atoms with Crippen LogP contribution in [0.25, 0.3) is 0 Å². The van der Waals surface area contributed by atoms with Gasteiger partial charge in [-0.25, -0.2) is 0 Å². The number of carbonyl (C=O) groups is 1. The number of alkyl halides is 4. The van der Waals surface area contributed by atoms with Crippen LogP contribution in [-0.2, 0) is 14.3 Å². The standard InChI is InChI=1S/C24H39F4NO3/c1-10-12-22(19(5)6,24(27,28)23(25,26)11-2)17-29(13-14-31-16-18(3)4)15-20(30)32-21(7,8)9/h10,12H,3,5,11,13-17H2,1-2,4,6-9H3/b12-10+. The molecule has 0 aromatic carbocycles. The van der Waals surface area contributed by atoms with E-state index in [0.717, 1.165) is 18.6 Å². The Morgan fingerprint density at radius 1 is 1.09 bits per heavy atom. The van der Waals surface area contributed by atoms with Crippen molar-refractivity contribution in [3.8, 4) is 0 Å². The third-order valence-electron chi connectivity index (χ3n) is 4.82. The number of halogens is 4. The monoisotopic (exact) mass is 465 g/mol. The summed E-state index contributed by atoms with van der Waals surface area (Å²) in [5.41, 5.74) is -2.56. The summed E-state index contributed by atoms with van der Waals surface area (Å²) in [4.78, 5) is 13.8. The maximum absolute atomic E-state index is 15.4. The Bertz CT molecular complexity index is 683. The van der Waals surface area contributed by atoms with Gasteiger partial charge in [0.2, 0.25) is 0 Å². The second-order valence-electron chi connectivity index (χ2n) is 9.19. The van der Waals surface area contributed by atoms with Gasteiger partial charge in [-0.15, -0.1) is 0 Å². The van der Waals surface area contributed by atoms with Crippen molar-refractivity contribution in [3.05, 3.63) is 36.5 Å². The first-order valence-corrected chi connectivity index (χ1v) is 10.7. The molecule has 0 aliphatic carbocycles. The van der Waals surface area contributed by atoms with E-state index in [0.29, 0.717) is 0 Å². The Labute approximate surface area is 190 Å². The highest BCUT2D eigenvalue weighted by Gasteiger charge is 2.67. The van der Waals surface area contributed by atoms with Gasteiger partial charge in [-0.3, -0.25) is 9.69 Å². The molecule has 4 nitrogen and oxygen atoms in total. The van der Waals surface area contributed by atoms with Gasteiger partial charge in [0, 0.05) is 19.5 Å². The minimum Gasteiger partial charge on any atom is -0.459 e. The van der Waals surface area contributed by atoms with Crippen LogP contribution in [-0.4, -0.2) is 61.2 Å². The summed E-state index contributed by atoms with van der Waals surface area (Å²) in [6.45, 7) is 17.4. The number of allylic oxidation sites excluding steroid dienone is 1. The molecular formula is C24H39F4NO3. The number of rotatable bonds is 14. The highest BCUT2D eigenvalue weighted by atomic mass is 19.3. The molecule has 0 bridgehead atoms. The van der Waals surface area contributed by atoms with Crippen molar-refractivity contribution in [2.24, 2.45) is 5.41 Å². The van der Waals surface area contributed by atoms with Crippen LogP contribution in [0.5, 0.6) is 0 Å². The van der Waals surface area contributed by atoms with Gasteiger partial charge in [0.05, 0.1) is 25.2 Å². The topological polar surface area (TPSA) is 38.8 Å². The average molecular weight is 466 g/mol. The van der Waals surface area contributed by atoms with Gasteiger partial charge in [0.25, 0.3) is 0 Å². The molecule has 0 amide bonds. The number of esters is 1. The van der Waals surface area contributed by atoms with Crippen LogP contribution >= 0.6 is 0 Å². The second kappa shape index (κ2) is 12.0. The zero-order valence-corrected chi connectivity index (χ0v) is 20.5. The molecule has 0 heterocycles. The summed E-state index contributed by atoms with van der Waals surface area (Å²) in [6.07, 6.45) is 1.31. The average Bonchev–Trinajstić information content (AvgIpc) is 2.62. The molecule has 0 radical (unpaired) electrons. The lowest BCUT2D eigenvalue weighted by Gasteiger charge is -2.45. The molecule has 32 heavy (non-hydrogen) atoms. The van der Waals surface area contributed by atoms with E-state index >= 15 is 8.78 Å². The van der Waals surface area contributed by atoms with Crippen molar-refractivity contribution in [1.29, 1.82) is 0 Å². The van der Waals surface area contributed by atoms with E-state index in [2.05, 4.69) is 13.2 Å². The van der Waals surface area contributed by atoms with Crippen LogP contribution in [0.15, 0.2) is 36.5 Å². The van der Waals surface area contributed by atoms with Crippen molar-refractivity contribution in [1.82, 2.24) is 4.90 Å². The van der Waals surface area contributed by atoms with Crippen molar-refractivity contribution >= 4 is 5.97 Å². The summed E-state index contributed by atoms with van der Waals surface area (Å²) in [6, 6.07) is 0. The molecule has 0 fully saturated rings. The van der Waals surface area contributed by atoms with Gasteiger partial charge in [0.15, 0.2) is 0 Å². The summed E-state index contributed by atoms with van der Waals surface area (Å²) in [5.74, 6) is -9.38. The molecule has 0 aliphatic rings. The summed E-state index contributed by atoms with van der Waals surface area (Å²) >= 11 is 0. The maximum atomic E-state index is 15.4. The second-order valence-corrected chi connectivity index (χ2v) is 9.19. The molecule has 0 rings (SSSR count). The van der Waals surface area contributed by atoms with E-state index in [1.165, 1.54) is 24.8 Å². The van der Waals surface area contributed by atoms with Crippen LogP contribution in [0.2, 0.25) is 0 Å². The molecule has 0 aliphatic heterocycles. The van der Waals surface area contributed by atoms with Gasteiger partial charge in [-0.1, -0.05) is 43.4 Å². The van der Waals surface area contributed by atoms with Crippen LogP contribution < -0.4 is 0 Å². The fourth-order valence-corrected chi connectivity index (χ4v) is 3.20. The van der Waals surface area contributed by atoms with Gasteiger partial charge >= 0.3 is 17.8 Å². The third kappa shape index (κ3) is 8.35. The fraction of sp³-hybridized carbons (Fsp3) is 0.708. The summed E-state index contributed by atoms with van der Waals surface area (Å²) in [5, 5.41) is 0. The zero-order valence-electron chi connectivity index (χ0n) is 20.5. The Balaban J connectivity index is 6.13. The van der Waals surface area contributed by atoms with E-state index in [1.54, 1.807) is 27.7 Å². The van der Waals surface area contributed by atoms with E-state index in [4.69, 9.17) is 9.47 Å². The predicted molar refractivity (Wildman–Crippen MR) is 120 cm³/mol. The van der Waals surface area contributed by atoms with Crippen molar-refractivity contribution in [2.45, 2.75) is 72.3 Å². The molecule has 8 heteroatoms. The fourth-order valence-electron chi connectivity index (χ4n) is 3.20. The Kier molecular flexibility index (Phi) is 11.4. The van der Waals surface area contributed by atoms with E-state index in [-0.39, 0.29) is 31.9 Å². The minimum atomic E-state index is -4.45. The first-order chi connectivity index (χ1) is 14.5. The molecule has 0 aromatic heterocycles. The lowest BCUT2D eigenvalue weighted by Crippen LogP contribution is -2.58. The Morgan fingerprint density at radius 3 is 2.06 bits per heavy atom. The maximum Gasteiger partial charge on any atom is 0.323 e. The molecular weight excluding hydrogens is 426 g/mol. The van der Waals surface area contributed by atoms with Crippen LogP contribution in [0, 0.1) is 5.41 Å². The number of hydrogen-bond donors (Lipinski definition) is 0. The minimum absolute atomic E-state index is 0.0485. The molecule has 0 N–H and O–H groups in total. The smallest absolute Gasteiger partial charge is 0.323 e. The third-order valence-corrected chi connectivity index (χ3v) is 4.82. The largest absolute Gasteiger partial charge is 0.459 e. The molecule has 186 valence electrons. The Morgan fingerprint density at radius 2 is 1.66 bits per heavy atom. The normalized spacial score (nSPS) is 15.1. The molecule has 0 spiro atoms. The molecule has 0 saturated heterocycles. The number of carbonyl (C=O) groups excluding carboxylic acids is 1. The molecule has 1 unspecified atom stereocenters. The van der Waals surface area contributed by atoms with Gasteiger partial charge in [-0.2, -0.15) is 17.6 Å². The van der Waals surface area contributed by atoms with E-state index in [1.807, 2.05) is 0 Å². The Hall–Kier alpha value is -1.67. The van der Waals surface area contributed by atoms with E-state index in [9.17, 15) is 13.6 Å². The lowest BCUT2D eigenvalue weighted by atomic mass is 9.71. The quantitative estimate of drug-likeness (QED) is 0.136. The van der Waals surface area contributed by atoms with Crippen LogP contribution in [0.4, 0.5) is 17.6 Å². The van der Waals surface area contributed by atoms with Crippen molar-refractivity contribution < 1.29 is 31.8 Å². The van der Waals surface area contributed by atoms with Crippen molar-refractivity contribution in [3.63, 3.8) is 0 Å². The predicted octanol–water partition coefficient (Wildman–Crippen LogP) is 6.04. The van der Waals surface area contributed by atoms with Gasteiger partial charge in [0.1, 0.15) is 5.60 Å². The van der Waals surface area contributed by atoms with Crippen LogP contribution in [0.3, 0.4) is 0 Å². The van der Waals surface area contributed by atoms with E-state index < -0.39 is 41.8 Å². The summed E-state index contributed by atoms with van der Waals surface area (Å²) in [7, 11) is 0. The van der Waals surface area contributed by atoms with Crippen LogP contribution in [0.1, 0.15) is 54.9 Å². The molecule has 0 saturated carbocycles. The number of nitrogens with zero attached hydrogens (tertiary/aromatic N) is 1. The lowest BCUT2D eigenvalue weighted by molar-refractivity contribution is -0.252. The van der Waals surface area contributed by atoms with Gasteiger partial charge < -0.3 is 9.47 Å². The number of hydrogen-bond acceptors (Lipinski definition) is 4. The molecule has 0 aromatic rings. The first-order valence-electron chi connectivity index (χ1n) is 10.7. The zero-order chi connectivity index (χ0) is 25.4. The highest BCUT2D eigenvalue weighted by molar-refractivity contribution is 5.72. The highest BCUT2D eigenvalue weighted by Crippen LogP contribution is 2.53. The molecule has 1 atom stereocenters. The number of ether oxygens (including phenoxy) is 2. The SMILES string of the molecule is C=C(C)COCCN(CC(=O)OC(C)(C)C)CC(/C=C/C)(C(=C)C)C(F)(F)C(F)(F)CC.